The molecule has 4 nitrogen and oxygen atoms in total. The zero-order valence-electron chi connectivity index (χ0n) is 12.2. The highest BCUT2D eigenvalue weighted by Crippen LogP contribution is 2.23. The van der Waals surface area contributed by atoms with Crippen LogP contribution in [0.1, 0.15) is 32.3 Å². The van der Waals surface area contributed by atoms with Gasteiger partial charge in [0, 0.05) is 18.5 Å². The topological polar surface area (TPSA) is 47.6 Å². The third kappa shape index (κ3) is 5.20. The quantitative estimate of drug-likeness (QED) is 0.824. The van der Waals surface area contributed by atoms with Gasteiger partial charge < -0.3 is 14.8 Å². The molecule has 1 aromatic rings. The molecule has 1 rings (SSSR count). The molecular weight excluding hydrogens is 242 g/mol. The van der Waals surface area contributed by atoms with Crippen molar-refractivity contribution in [1.29, 1.82) is 0 Å². The maximum Gasteiger partial charge on any atom is 0.220 e. The van der Waals surface area contributed by atoms with Crippen LogP contribution in [0.15, 0.2) is 18.2 Å². The van der Waals surface area contributed by atoms with E-state index in [-0.39, 0.29) is 11.9 Å². The predicted octanol–water partition coefficient (Wildman–Crippen LogP) is 2.55. The Morgan fingerprint density at radius 1 is 1.21 bits per heavy atom. The van der Waals surface area contributed by atoms with E-state index in [0.717, 1.165) is 29.9 Å². The molecule has 1 N–H and O–H groups in total. The lowest BCUT2D eigenvalue weighted by Gasteiger charge is -2.15. The molecule has 0 radical (unpaired) electrons. The molecule has 1 unspecified atom stereocenters. The van der Waals surface area contributed by atoms with Gasteiger partial charge >= 0.3 is 0 Å². The van der Waals surface area contributed by atoms with Gasteiger partial charge in [-0.15, -0.1) is 0 Å². The van der Waals surface area contributed by atoms with Gasteiger partial charge in [0.25, 0.3) is 0 Å². The molecule has 1 aromatic carbocycles. The molecule has 0 saturated carbocycles. The fourth-order valence-corrected chi connectivity index (χ4v) is 1.96. The molecule has 19 heavy (non-hydrogen) atoms. The summed E-state index contributed by atoms with van der Waals surface area (Å²) >= 11 is 0. The van der Waals surface area contributed by atoms with E-state index >= 15 is 0 Å². The Labute approximate surface area is 115 Å². The lowest BCUT2D eigenvalue weighted by molar-refractivity contribution is -0.121. The van der Waals surface area contributed by atoms with Crippen molar-refractivity contribution in [2.75, 3.05) is 14.2 Å². The Balaban J connectivity index is 2.67. The summed E-state index contributed by atoms with van der Waals surface area (Å²) in [6, 6.07) is 5.86. The molecule has 0 saturated heterocycles. The van der Waals surface area contributed by atoms with E-state index in [9.17, 15) is 4.79 Å². The minimum absolute atomic E-state index is 0.0934. The van der Waals surface area contributed by atoms with Crippen molar-refractivity contribution in [3.8, 4) is 11.5 Å². The first-order valence-electron chi connectivity index (χ1n) is 6.60. The summed E-state index contributed by atoms with van der Waals surface area (Å²) in [5, 5.41) is 2.98. The summed E-state index contributed by atoms with van der Waals surface area (Å²) < 4.78 is 10.5. The number of hydrogen-bond acceptors (Lipinski definition) is 3. The lowest BCUT2D eigenvalue weighted by Crippen LogP contribution is -2.33. The molecule has 0 spiro atoms. The maximum atomic E-state index is 11.5. The van der Waals surface area contributed by atoms with E-state index in [2.05, 4.69) is 5.32 Å². The highest BCUT2D eigenvalue weighted by molar-refractivity contribution is 5.76. The smallest absolute Gasteiger partial charge is 0.220 e. The third-order valence-corrected chi connectivity index (χ3v) is 2.84. The van der Waals surface area contributed by atoms with Gasteiger partial charge in [0.15, 0.2) is 0 Å². The minimum atomic E-state index is 0.0934. The third-order valence-electron chi connectivity index (χ3n) is 2.84. The van der Waals surface area contributed by atoms with Gasteiger partial charge in [-0.2, -0.15) is 0 Å². The van der Waals surface area contributed by atoms with Gasteiger partial charge in [-0.1, -0.05) is 6.92 Å². The number of amides is 1. The van der Waals surface area contributed by atoms with E-state index in [1.807, 2.05) is 32.0 Å². The zero-order chi connectivity index (χ0) is 14.3. The van der Waals surface area contributed by atoms with E-state index in [0.29, 0.717) is 6.42 Å². The van der Waals surface area contributed by atoms with Crippen LogP contribution in [0.4, 0.5) is 0 Å². The molecule has 0 aliphatic heterocycles. The second kappa shape index (κ2) is 7.67. The molecule has 0 fully saturated rings. The molecule has 106 valence electrons. The Kier molecular flexibility index (Phi) is 6.19. The molecular formula is C15H23NO3. The minimum Gasteiger partial charge on any atom is -0.497 e. The monoisotopic (exact) mass is 265 g/mol. The van der Waals surface area contributed by atoms with Crippen LogP contribution in [-0.4, -0.2) is 26.2 Å². The summed E-state index contributed by atoms with van der Waals surface area (Å²) in [5.74, 6) is 1.63. The predicted molar refractivity (Wildman–Crippen MR) is 75.8 cm³/mol. The van der Waals surface area contributed by atoms with Crippen LogP contribution >= 0.6 is 0 Å². The van der Waals surface area contributed by atoms with Crippen molar-refractivity contribution < 1.29 is 14.3 Å². The number of ether oxygens (including phenoxy) is 2. The SMILES string of the molecule is CCCC(=O)NC(C)Cc1cc(OC)cc(OC)c1. The number of nitrogens with one attached hydrogen (secondary N) is 1. The highest BCUT2D eigenvalue weighted by Gasteiger charge is 2.09. The Morgan fingerprint density at radius 2 is 1.79 bits per heavy atom. The van der Waals surface area contributed by atoms with Crippen LogP contribution in [-0.2, 0) is 11.2 Å². The zero-order valence-corrected chi connectivity index (χ0v) is 12.2. The van der Waals surface area contributed by atoms with E-state index in [1.54, 1.807) is 14.2 Å². The van der Waals surface area contributed by atoms with Crippen molar-refractivity contribution in [3.63, 3.8) is 0 Å². The van der Waals surface area contributed by atoms with Crippen LogP contribution in [0, 0.1) is 0 Å². The van der Waals surface area contributed by atoms with Crippen molar-refractivity contribution >= 4 is 5.91 Å². The Morgan fingerprint density at radius 3 is 2.26 bits per heavy atom. The first-order valence-corrected chi connectivity index (χ1v) is 6.60. The van der Waals surface area contributed by atoms with E-state index in [1.165, 1.54) is 0 Å². The molecule has 0 aromatic heterocycles. The average Bonchev–Trinajstić information content (AvgIpc) is 2.38. The van der Waals surface area contributed by atoms with Crippen LogP contribution < -0.4 is 14.8 Å². The second-order valence-electron chi connectivity index (χ2n) is 4.64. The number of rotatable bonds is 7. The molecule has 0 bridgehead atoms. The highest BCUT2D eigenvalue weighted by atomic mass is 16.5. The summed E-state index contributed by atoms with van der Waals surface area (Å²) in [6.07, 6.45) is 2.19. The molecule has 0 heterocycles. The number of carbonyl (C=O) groups is 1. The summed E-state index contributed by atoms with van der Waals surface area (Å²) in [6.45, 7) is 4.00. The van der Waals surface area contributed by atoms with Crippen LogP contribution in [0.5, 0.6) is 11.5 Å². The van der Waals surface area contributed by atoms with Gasteiger partial charge in [0.1, 0.15) is 11.5 Å². The summed E-state index contributed by atoms with van der Waals surface area (Å²) in [5.41, 5.74) is 1.08. The maximum absolute atomic E-state index is 11.5. The standard InChI is InChI=1S/C15H23NO3/c1-5-6-15(17)16-11(2)7-12-8-13(18-3)10-14(9-12)19-4/h8-11H,5-7H2,1-4H3,(H,16,17). The first-order chi connectivity index (χ1) is 9.08. The van der Waals surface area contributed by atoms with Gasteiger partial charge in [-0.25, -0.2) is 0 Å². The normalized spacial score (nSPS) is 11.8. The van der Waals surface area contributed by atoms with Gasteiger partial charge in [-0.05, 0) is 37.5 Å². The first kappa shape index (κ1) is 15.3. The molecule has 0 aliphatic carbocycles. The second-order valence-corrected chi connectivity index (χ2v) is 4.64. The molecule has 1 amide bonds. The number of carbonyl (C=O) groups excluding carboxylic acids is 1. The van der Waals surface area contributed by atoms with Crippen molar-refractivity contribution in [2.24, 2.45) is 0 Å². The Bertz CT molecular complexity index is 396. The number of benzene rings is 1. The largest absolute Gasteiger partial charge is 0.497 e. The average molecular weight is 265 g/mol. The lowest BCUT2D eigenvalue weighted by atomic mass is 10.1. The van der Waals surface area contributed by atoms with Crippen LogP contribution in [0.25, 0.3) is 0 Å². The number of hydrogen-bond donors (Lipinski definition) is 1. The van der Waals surface area contributed by atoms with Crippen molar-refractivity contribution in [2.45, 2.75) is 39.2 Å². The van der Waals surface area contributed by atoms with Crippen molar-refractivity contribution in [1.82, 2.24) is 5.32 Å². The number of methoxy groups -OCH3 is 2. The van der Waals surface area contributed by atoms with Gasteiger partial charge in [-0.3, -0.25) is 4.79 Å². The van der Waals surface area contributed by atoms with Crippen LogP contribution in [0.2, 0.25) is 0 Å². The fourth-order valence-electron chi connectivity index (χ4n) is 1.96. The Hall–Kier alpha value is -1.71. The van der Waals surface area contributed by atoms with Crippen LogP contribution in [0.3, 0.4) is 0 Å². The summed E-state index contributed by atoms with van der Waals surface area (Å²) in [4.78, 5) is 11.5. The van der Waals surface area contributed by atoms with E-state index < -0.39 is 0 Å². The molecule has 1 atom stereocenters. The molecule has 4 heteroatoms. The van der Waals surface area contributed by atoms with Gasteiger partial charge in [0.05, 0.1) is 14.2 Å². The molecule has 0 aliphatic rings. The van der Waals surface area contributed by atoms with Crippen molar-refractivity contribution in [3.05, 3.63) is 23.8 Å². The van der Waals surface area contributed by atoms with Gasteiger partial charge in [0.2, 0.25) is 5.91 Å². The summed E-state index contributed by atoms with van der Waals surface area (Å²) in [7, 11) is 3.26. The fraction of sp³-hybridized carbons (Fsp3) is 0.533. The van der Waals surface area contributed by atoms with E-state index in [4.69, 9.17) is 9.47 Å².